The molecule has 0 radical (unpaired) electrons. The highest BCUT2D eigenvalue weighted by Crippen LogP contribution is 2.25. The zero-order valence-electron chi connectivity index (χ0n) is 17.5. The highest BCUT2D eigenvalue weighted by molar-refractivity contribution is 6.07. The summed E-state index contributed by atoms with van der Waals surface area (Å²) in [4.78, 5) is 40.7. The van der Waals surface area contributed by atoms with Gasteiger partial charge >= 0.3 is 5.97 Å². The fourth-order valence-corrected chi connectivity index (χ4v) is 3.17. The van der Waals surface area contributed by atoms with Crippen molar-refractivity contribution in [2.24, 2.45) is 0 Å². The van der Waals surface area contributed by atoms with E-state index in [1.165, 1.54) is 6.20 Å². The van der Waals surface area contributed by atoms with Gasteiger partial charge in [-0.1, -0.05) is 6.07 Å². The fourth-order valence-electron chi connectivity index (χ4n) is 3.17. The lowest BCUT2D eigenvalue weighted by molar-refractivity contribution is -0.143. The van der Waals surface area contributed by atoms with Crippen molar-refractivity contribution in [3.05, 3.63) is 42.0 Å². The van der Waals surface area contributed by atoms with Gasteiger partial charge < -0.3 is 20.1 Å². The molecule has 0 bridgehead atoms. The molecule has 2 amide bonds. The summed E-state index contributed by atoms with van der Waals surface area (Å²) >= 11 is 0. The van der Waals surface area contributed by atoms with Crippen molar-refractivity contribution >= 4 is 23.5 Å². The van der Waals surface area contributed by atoms with Crippen molar-refractivity contribution in [1.82, 2.24) is 20.1 Å². The average Bonchev–Trinajstić information content (AvgIpc) is 3.22. The lowest BCUT2D eigenvalue weighted by Gasteiger charge is -2.22. The van der Waals surface area contributed by atoms with Crippen LogP contribution in [0.15, 0.2) is 30.6 Å². The summed E-state index contributed by atoms with van der Waals surface area (Å²) in [5, 5.41) is 9.83. The first-order valence-corrected chi connectivity index (χ1v) is 10.5. The molecule has 2 N–H and O–H groups in total. The summed E-state index contributed by atoms with van der Waals surface area (Å²) in [6.07, 6.45) is 6.23. The summed E-state index contributed by atoms with van der Waals surface area (Å²) < 4.78 is 12.2. The molecule has 31 heavy (non-hydrogen) atoms. The molecule has 10 nitrogen and oxygen atoms in total. The maximum absolute atomic E-state index is 12.7. The molecule has 0 aromatic carbocycles. The van der Waals surface area contributed by atoms with Gasteiger partial charge in [-0.15, -0.1) is 0 Å². The lowest BCUT2D eigenvalue weighted by atomic mass is 10.2. The Hall–Kier alpha value is -3.27. The van der Waals surface area contributed by atoms with E-state index in [-0.39, 0.29) is 42.2 Å². The monoisotopic (exact) mass is 429 g/mol. The van der Waals surface area contributed by atoms with Gasteiger partial charge in [-0.05, 0) is 44.7 Å². The van der Waals surface area contributed by atoms with Crippen molar-refractivity contribution < 1.29 is 23.9 Å². The second-order valence-corrected chi connectivity index (χ2v) is 7.03. The second-order valence-electron chi connectivity index (χ2n) is 7.03. The molecule has 0 saturated carbocycles. The molecule has 2 aromatic heterocycles. The Bertz CT molecular complexity index is 893. The van der Waals surface area contributed by atoms with E-state index in [0.717, 1.165) is 19.3 Å². The number of amides is 2. The van der Waals surface area contributed by atoms with Crippen LogP contribution in [0.2, 0.25) is 0 Å². The van der Waals surface area contributed by atoms with E-state index in [9.17, 15) is 14.4 Å². The van der Waals surface area contributed by atoms with Crippen LogP contribution in [0, 0.1) is 0 Å². The summed E-state index contributed by atoms with van der Waals surface area (Å²) in [6, 6.07) is 5.00. The zero-order valence-corrected chi connectivity index (χ0v) is 17.5. The molecule has 1 aliphatic rings. The van der Waals surface area contributed by atoms with Crippen molar-refractivity contribution in [3.8, 4) is 0 Å². The molecule has 3 rings (SSSR count). The summed E-state index contributed by atoms with van der Waals surface area (Å²) in [7, 11) is 0. The SMILES string of the molecule is CCOC(=O)CCCNC(=O)c1nn(C2CCCCO2)cc1NC(=O)c1ccccn1. The van der Waals surface area contributed by atoms with E-state index in [0.29, 0.717) is 19.6 Å². The minimum atomic E-state index is -0.449. The van der Waals surface area contributed by atoms with Crippen LogP contribution in [0.3, 0.4) is 0 Å². The van der Waals surface area contributed by atoms with Crippen LogP contribution in [0.1, 0.15) is 66.2 Å². The molecule has 1 atom stereocenters. The number of pyridine rings is 1. The third-order valence-electron chi connectivity index (χ3n) is 4.69. The Morgan fingerprint density at radius 2 is 2.13 bits per heavy atom. The van der Waals surface area contributed by atoms with Crippen LogP contribution in [-0.4, -0.2) is 52.3 Å². The van der Waals surface area contributed by atoms with Gasteiger partial charge in [0.25, 0.3) is 11.8 Å². The number of aromatic nitrogens is 3. The largest absolute Gasteiger partial charge is 0.466 e. The van der Waals surface area contributed by atoms with E-state index in [2.05, 4.69) is 20.7 Å². The van der Waals surface area contributed by atoms with E-state index in [4.69, 9.17) is 9.47 Å². The van der Waals surface area contributed by atoms with Crippen LogP contribution in [-0.2, 0) is 14.3 Å². The topological polar surface area (TPSA) is 124 Å². The average molecular weight is 429 g/mol. The Morgan fingerprint density at radius 3 is 2.84 bits per heavy atom. The number of rotatable bonds is 9. The van der Waals surface area contributed by atoms with E-state index in [1.807, 2.05) is 0 Å². The second kappa shape index (κ2) is 11.2. The Kier molecular flexibility index (Phi) is 8.11. The molecule has 10 heteroatoms. The van der Waals surface area contributed by atoms with E-state index in [1.54, 1.807) is 36.0 Å². The molecule has 2 aromatic rings. The quantitative estimate of drug-likeness (QED) is 0.463. The number of carbonyl (C=O) groups is 3. The molecule has 1 unspecified atom stereocenters. The third kappa shape index (κ3) is 6.35. The fraction of sp³-hybridized carbons (Fsp3) is 0.476. The molecular weight excluding hydrogens is 402 g/mol. The minimum absolute atomic E-state index is 0.0783. The number of nitrogens with zero attached hydrogens (tertiary/aromatic N) is 3. The zero-order chi connectivity index (χ0) is 22.1. The van der Waals surface area contributed by atoms with Crippen molar-refractivity contribution in [3.63, 3.8) is 0 Å². The van der Waals surface area contributed by atoms with Crippen molar-refractivity contribution in [2.75, 3.05) is 25.1 Å². The number of hydrogen-bond donors (Lipinski definition) is 2. The van der Waals surface area contributed by atoms with Gasteiger partial charge in [0.1, 0.15) is 11.9 Å². The van der Waals surface area contributed by atoms with Crippen LogP contribution in [0.5, 0.6) is 0 Å². The van der Waals surface area contributed by atoms with Gasteiger partial charge in [0, 0.05) is 25.8 Å². The number of esters is 1. The van der Waals surface area contributed by atoms with Crippen LogP contribution in [0.4, 0.5) is 5.69 Å². The first-order chi connectivity index (χ1) is 15.1. The summed E-state index contributed by atoms with van der Waals surface area (Å²) in [6.45, 7) is 2.96. The third-order valence-corrected chi connectivity index (χ3v) is 4.69. The standard InChI is InChI=1S/C21H27N5O5/c1-2-30-18(27)10-7-12-23-21(29)19-16(24-20(28)15-8-3-5-11-22-15)14-26(25-19)17-9-4-6-13-31-17/h3,5,8,11,14,17H,2,4,6-7,9-10,12-13H2,1H3,(H,23,29)(H,24,28). The summed E-state index contributed by atoms with van der Waals surface area (Å²) in [5.74, 6) is -1.20. The van der Waals surface area contributed by atoms with Crippen LogP contribution in [0.25, 0.3) is 0 Å². The summed E-state index contributed by atoms with van der Waals surface area (Å²) in [5.41, 5.74) is 0.576. The van der Waals surface area contributed by atoms with E-state index >= 15 is 0 Å². The molecule has 166 valence electrons. The molecule has 1 fully saturated rings. The van der Waals surface area contributed by atoms with Crippen molar-refractivity contribution in [2.45, 2.75) is 45.3 Å². The van der Waals surface area contributed by atoms with Crippen LogP contribution >= 0.6 is 0 Å². The van der Waals surface area contributed by atoms with E-state index < -0.39 is 11.8 Å². The minimum Gasteiger partial charge on any atom is -0.466 e. The number of carbonyl (C=O) groups excluding carboxylic acids is 3. The smallest absolute Gasteiger partial charge is 0.305 e. The Labute approximate surface area is 180 Å². The number of anilines is 1. The highest BCUT2D eigenvalue weighted by Gasteiger charge is 2.24. The lowest BCUT2D eigenvalue weighted by Crippen LogP contribution is -2.27. The van der Waals surface area contributed by atoms with Gasteiger partial charge in [-0.2, -0.15) is 5.10 Å². The van der Waals surface area contributed by atoms with Crippen LogP contribution < -0.4 is 10.6 Å². The first-order valence-electron chi connectivity index (χ1n) is 10.5. The highest BCUT2D eigenvalue weighted by atomic mass is 16.5. The normalized spacial score (nSPS) is 15.8. The molecule has 1 aliphatic heterocycles. The molecular formula is C21H27N5O5. The Morgan fingerprint density at radius 1 is 1.26 bits per heavy atom. The predicted molar refractivity (Wildman–Crippen MR) is 111 cm³/mol. The number of hydrogen-bond acceptors (Lipinski definition) is 7. The maximum atomic E-state index is 12.7. The first kappa shape index (κ1) is 22.4. The molecule has 3 heterocycles. The maximum Gasteiger partial charge on any atom is 0.305 e. The molecule has 0 spiro atoms. The molecule has 0 aliphatic carbocycles. The van der Waals surface area contributed by atoms with Crippen molar-refractivity contribution in [1.29, 1.82) is 0 Å². The van der Waals surface area contributed by atoms with Gasteiger partial charge in [0.15, 0.2) is 5.69 Å². The van der Waals surface area contributed by atoms with Gasteiger partial charge in [-0.25, -0.2) is 4.68 Å². The Balaban J connectivity index is 1.70. The predicted octanol–water partition coefficient (Wildman–Crippen LogP) is 2.30. The number of ether oxygens (including phenoxy) is 2. The van der Waals surface area contributed by atoms with Gasteiger partial charge in [0.2, 0.25) is 0 Å². The van der Waals surface area contributed by atoms with Gasteiger partial charge in [0.05, 0.1) is 18.5 Å². The molecule has 1 saturated heterocycles. The number of nitrogens with one attached hydrogen (secondary N) is 2. The van der Waals surface area contributed by atoms with Gasteiger partial charge in [-0.3, -0.25) is 19.4 Å².